The Hall–Kier alpha value is -2.67. The fourth-order valence-corrected chi connectivity index (χ4v) is 5.12. The minimum absolute atomic E-state index is 0.0925. The third kappa shape index (κ3) is 4.90. The molecule has 34 heavy (non-hydrogen) atoms. The Morgan fingerprint density at radius 1 is 1.15 bits per heavy atom. The molecule has 6 heteroatoms. The molecule has 0 unspecified atom stereocenters. The standard InChI is InChI=1S/C28H34N2O4/c1-19-5-6-20(2)22(14-19)18-30-11-9-28(32,10-12-30)23-7-8-25-21(15-23)16-26(34-25)27(31)29-17-24-4-3-13-33-24/h5-8,14-16,24,32H,3-4,9-13,17-18H2,1-2H3,(H,29,31)/t24-/m0/s1. The number of carbonyl (C=O) groups excluding carboxylic acids is 1. The Labute approximate surface area is 200 Å². The summed E-state index contributed by atoms with van der Waals surface area (Å²) in [5.41, 5.74) is 4.62. The summed E-state index contributed by atoms with van der Waals surface area (Å²) >= 11 is 0. The lowest BCUT2D eigenvalue weighted by Gasteiger charge is -2.38. The van der Waals surface area contributed by atoms with Gasteiger partial charge in [-0.05, 0) is 74.4 Å². The second-order valence-electron chi connectivity index (χ2n) is 9.95. The average Bonchev–Trinajstić information content (AvgIpc) is 3.51. The summed E-state index contributed by atoms with van der Waals surface area (Å²) < 4.78 is 11.3. The topological polar surface area (TPSA) is 74.9 Å². The van der Waals surface area contributed by atoms with Crippen LogP contribution in [0.5, 0.6) is 0 Å². The number of benzene rings is 2. The largest absolute Gasteiger partial charge is 0.451 e. The number of furan rings is 1. The maximum Gasteiger partial charge on any atom is 0.287 e. The predicted molar refractivity (Wildman–Crippen MR) is 132 cm³/mol. The molecule has 1 aromatic heterocycles. The zero-order valence-corrected chi connectivity index (χ0v) is 20.1. The predicted octanol–water partition coefficient (Wildman–Crippen LogP) is 4.44. The number of ether oxygens (including phenoxy) is 1. The van der Waals surface area contributed by atoms with Crippen molar-refractivity contribution in [2.75, 3.05) is 26.2 Å². The molecule has 3 heterocycles. The Morgan fingerprint density at radius 3 is 2.74 bits per heavy atom. The number of amides is 1. The van der Waals surface area contributed by atoms with Crippen LogP contribution in [0.25, 0.3) is 11.0 Å². The molecule has 1 atom stereocenters. The van der Waals surface area contributed by atoms with E-state index in [0.717, 1.165) is 50.0 Å². The molecule has 2 fully saturated rings. The van der Waals surface area contributed by atoms with Crippen molar-refractivity contribution < 1.29 is 19.1 Å². The maximum absolute atomic E-state index is 12.5. The first-order valence-corrected chi connectivity index (χ1v) is 12.3. The molecule has 2 aliphatic heterocycles. The Balaban J connectivity index is 1.24. The van der Waals surface area contributed by atoms with Crippen molar-refractivity contribution in [3.8, 4) is 0 Å². The number of hydrogen-bond acceptors (Lipinski definition) is 5. The molecule has 3 aromatic rings. The Morgan fingerprint density at radius 2 is 1.97 bits per heavy atom. The van der Waals surface area contributed by atoms with Gasteiger partial charge in [0.2, 0.25) is 0 Å². The van der Waals surface area contributed by atoms with Crippen LogP contribution in [0.2, 0.25) is 0 Å². The number of aliphatic hydroxyl groups is 1. The van der Waals surface area contributed by atoms with Gasteiger partial charge < -0.3 is 19.6 Å². The fraction of sp³-hybridized carbons (Fsp3) is 0.464. The third-order valence-corrected chi connectivity index (χ3v) is 7.37. The van der Waals surface area contributed by atoms with E-state index in [4.69, 9.17) is 9.15 Å². The van der Waals surface area contributed by atoms with Crippen LogP contribution in [0, 0.1) is 13.8 Å². The third-order valence-electron chi connectivity index (χ3n) is 7.37. The molecule has 0 saturated carbocycles. The molecule has 0 bridgehead atoms. The van der Waals surface area contributed by atoms with Crippen LogP contribution in [0.1, 0.15) is 58.5 Å². The van der Waals surface area contributed by atoms with Crippen LogP contribution in [-0.2, 0) is 16.9 Å². The van der Waals surface area contributed by atoms with Crippen molar-refractivity contribution in [3.05, 3.63) is 70.5 Å². The minimum atomic E-state index is -0.869. The zero-order chi connectivity index (χ0) is 23.7. The first kappa shape index (κ1) is 23.1. The minimum Gasteiger partial charge on any atom is -0.451 e. The van der Waals surface area contributed by atoms with Crippen LogP contribution >= 0.6 is 0 Å². The number of hydrogen-bond donors (Lipinski definition) is 2. The number of aryl methyl sites for hydroxylation is 2. The molecular formula is C28H34N2O4. The lowest BCUT2D eigenvalue weighted by molar-refractivity contribution is -0.0276. The highest BCUT2D eigenvalue weighted by atomic mass is 16.5. The molecule has 2 aliphatic rings. The van der Waals surface area contributed by atoms with E-state index in [9.17, 15) is 9.90 Å². The molecule has 2 N–H and O–H groups in total. The maximum atomic E-state index is 12.5. The second kappa shape index (κ2) is 9.53. The lowest BCUT2D eigenvalue weighted by atomic mass is 9.84. The molecular weight excluding hydrogens is 428 g/mol. The van der Waals surface area contributed by atoms with Gasteiger partial charge in [0.1, 0.15) is 5.58 Å². The zero-order valence-electron chi connectivity index (χ0n) is 20.1. The average molecular weight is 463 g/mol. The first-order chi connectivity index (χ1) is 16.4. The monoisotopic (exact) mass is 462 g/mol. The van der Waals surface area contributed by atoms with Crippen LogP contribution in [0.4, 0.5) is 0 Å². The van der Waals surface area contributed by atoms with E-state index in [2.05, 4.69) is 42.3 Å². The smallest absolute Gasteiger partial charge is 0.287 e. The van der Waals surface area contributed by atoms with Gasteiger partial charge in [0.25, 0.3) is 5.91 Å². The number of rotatable bonds is 6. The van der Waals surface area contributed by atoms with Gasteiger partial charge in [-0.25, -0.2) is 0 Å². The summed E-state index contributed by atoms with van der Waals surface area (Å²) in [4.78, 5) is 15.0. The second-order valence-corrected chi connectivity index (χ2v) is 9.95. The molecule has 180 valence electrons. The van der Waals surface area contributed by atoms with Crippen LogP contribution in [0.15, 0.2) is 46.9 Å². The normalized spacial score (nSPS) is 20.6. The summed E-state index contributed by atoms with van der Waals surface area (Å²) in [5, 5.41) is 15.2. The van der Waals surface area contributed by atoms with Crippen molar-refractivity contribution in [1.29, 1.82) is 0 Å². The van der Waals surface area contributed by atoms with Gasteiger partial charge in [0, 0.05) is 38.2 Å². The fourth-order valence-electron chi connectivity index (χ4n) is 5.12. The van der Waals surface area contributed by atoms with Gasteiger partial charge in [-0.2, -0.15) is 0 Å². The number of nitrogens with zero attached hydrogens (tertiary/aromatic N) is 1. The molecule has 0 radical (unpaired) electrons. The summed E-state index contributed by atoms with van der Waals surface area (Å²) in [7, 11) is 0. The van der Waals surface area contributed by atoms with E-state index in [1.54, 1.807) is 6.07 Å². The van der Waals surface area contributed by atoms with Crippen LogP contribution < -0.4 is 5.32 Å². The van der Waals surface area contributed by atoms with E-state index in [1.165, 1.54) is 16.7 Å². The molecule has 5 rings (SSSR count). The van der Waals surface area contributed by atoms with Gasteiger partial charge in [-0.3, -0.25) is 9.69 Å². The highest BCUT2D eigenvalue weighted by molar-refractivity contribution is 5.96. The van der Waals surface area contributed by atoms with Crippen LogP contribution in [0.3, 0.4) is 0 Å². The van der Waals surface area contributed by atoms with E-state index in [-0.39, 0.29) is 12.0 Å². The van der Waals surface area contributed by atoms with Crippen molar-refractivity contribution in [2.45, 2.75) is 57.8 Å². The summed E-state index contributed by atoms with van der Waals surface area (Å²) in [5.74, 6) is 0.0622. The summed E-state index contributed by atoms with van der Waals surface area (Å²) in [6.45, 7) is 8.14. The Kier molecular flexibility index (Phi) is 6.47. The first-order valence-electron chi connectivity index (χ1n) is 12.3. The molecule has 1 amide bonds. The summed E-state index contributed by atoms with van der Waals surface area (Å²) in [6.07, 6.45) is 3.46. The van der Waals surface area contributed by atoms with Crippen molar-refractivity contribution in [3.63, 3.8) is 0 Å². The van der Waals surface area contributed by atoms with Gasteiger partial charge in [0.05, 0.1) is 11.7 Å². The van der Waals surface area contributed by atoms with Crippen molar-refractivity contribution in [1.82, 2.24) is 10.2 Å². The molecule has 2 aromatic carbocycles. The highest BCUT2D eigenvalue weighted by Crippen LogP contribution is 2.35. The Bertz CT molecular complexity index is 1170. The molecule has 6 nitrogen and oxygen atoms in total. The van der Waals surface area contributed by atoms with Crippen LogP contribution in [-0.4, -0.2) is 48.3 Å². The quantitative estimate of drug-likeness (QED) is 0.566. The van der Waals surface area contributed by atoms with E-state index in [0.29, 0.717) is 30.7 Å². The molecule has 0 aliphatic carbocycles. The number of fused-ring (bicyclic) bond motifs is 1. The number of piperidine rings is 1. The SMILES string of the molecule is Cc1ccc(C)c(CN2CCC(O)(c3ccc4oc(C(=O)NC[C@@H]5CCCO5)cc4c3)CC2)c1. The highest BCUT2D eigenvalue weighted by Gasteiger charge is 2.34. The van der Waals surface area contributed by atoms with Gasteiger partial charge in [-0.1, -0.05) is 29.8 Å². The van der Waals surface area contributed by atoms with E-state index in [1.807, 2.05) is 18.2 Å². The van der Waals surface area contributed by atoms with E-state index < -0.39 is 5.60 Å². The van der Waals surface area contributed by atoms with Crippen molar-refractivity contribution in [2.24, 2.45) is 0 Å². The van der Waals surface area contributed by atoms with Gasteiger partial charge in [-0.15, -0.1) is 0 Å². The van der Waals surface area contributed by atoms with Gasteiger partial charge >= 0.3 is 0 Å². The molecule has 0 spiro atoms. The summed E-state index contributed by atoms with van der Waals surface area (Å²) in [6, 6.07) is 14.1. The number of nitrogens with one attached hydrogen (secondary N) is 1. The number of carbonyl (C=O) groups is 1. The van der Waals surface area contributed by atoms with Gasteiger partial charge in [0.15, 0.2) is 5.76 Å². The number of likely N-dealkylation sites (tertiary alicyclic amines) is 1. The molecule has 2 saturated heterocycles. The van der Waals surface area contributed by atoms with Crippen molar-refractivity contribution >= 4 is 16.9 Å². The van der Waals surface area contributed by atoms with E-state index >= 15 is 0 Å². The lowest BCUT2D eigenvalue weighted by Crippen LogP contribution is -2.42.